The quantitative estimate of drug-likeness (QED) is 0.631. The van der Waals surface area contributed by atoms with Crippen molar-refractivity contribution in [2.45, 2.75) is 5.88 Å². The van der Waals surface area contributed by atoms with Crippen LogP contribution in [0.1, 0.15) is 15.9 Å². The zero-order chi connectivity index (χ0) is 10.1. The zero-order valence-corrected chi connectivity index (χ0v) is 8.73. The van der Waals surface area contributed by atoms with Crippen LogP contribution in [0.2, 0.25) is 0 Å². The van der Waals surface area contributed by atoms with Crippen LogP contribution in [0.15, 0.2) is 18.2 Å². The van der Waals surface area contributed by atoms with Crippen molar-refractivity contribution in [3.05, 3.63) is 29.3 Å². The first kappa shape index (κ1) is 9.49. The van der Waals surface area contributed by atoms with E-state index in [1.807, 2.05) is 6.07 Å². The van der Waals surface area contributed by atoms with Crippen LogP contribution in [-0.2, 0) is 5.88 Å². The SMILES string of the molecule is O=Cc1ccc2c(CCl)c(O)sc2c1. The lowest BCUT2D eigenvalue weighted by Crippen LogP contribution is -1.78. The maximum absolute atomic E-state index is 10.5. The summed E-state index contributed by atoms with van der Waals surface area (Å²) >= 11 is 6.95. The molecule has 1 N–H and O–H groups in total. The predicted molar refractivity (Wildman–Crippen MR) is 58.4 cm³/mol. The van der Waals surface area contributed by atoms with Crippen molar-refractivity contribution >= 4 is 39.3 Å². The summed E-state index contributed by atoms with van der Waals surface area (Å²) in [5.41, 5.74) is 1.35. The van der Waals surface area contributed by atoms with Crippen LogP contribution >= 0.6 is 22.9 Å². The Morgan fingerprint density at radius 1 is 1.50 bits per heavy atom. The monoisotopic (exact) mass is 226 g/mol. The van der Waals surface area contributed by atoms with Gasteiger partial charge in [-0.05, 0) is 6.07 Å². The van der Waals surface area contributed by atoms with Crippen molar-refractivity contribution in [3.63, 3.8) is 0 Å². The van der Waals surface area contributed by atoms with E-state index in [-0.39, 0.29) is 10.9 Å². The molecule has 1 aromatic heterocycles. The molecule has 0 aliphatic heterocycles. The number of aldehydes is 1. The van der Waals surface area contributed by atoms with Crippen molar-refractivity contribution in [1.29, 1.82) is 0 Å². The minimum atomic E-state index is 0.234. The molecule has 2 rings (SSSR count). The number of benzene rings is 1. The van der Waals surface area contributed by atoms with Crippen molar-refractivity contribution in [2.75, 3.05) is 0 Å². The second-order valence-corrected chi connectivity index (χ2v) is 4.19. The number of rotatable bonds is 2. The highest BCUT2D eigenvalue weighted by Gasteiger charge is 2.10. The molecule has 1 heterocycles. The molecule has 0 amide bonds. The van der Waals surface area contributed by atoms with Gasteiger partial charge in [-0.1, -0.05) is 23.5 Å². The number of alkyl halides is 1. The highest BCUT2D eigenvalue weighted by molar-refractivity contribution is 7.21. The molecule has 14 heavy (non-hydrogen) atoms. The van der Waals surface area contributed by atoms with E-state index in [0.29, 0.717) is 5.56 Å². The van der Waals surface area contributed by atoms with Crippen LogP contribution in [0.25, 0.3) is 10.1 Å². The molecule has 1 aromatic carbocycles. The summed E-state index contributed by atoms with van der Waals surface area (Å²) in [6, 6.07) is 5.29. The smallest absolute Gasteiger partial charge is 0.176 e. The van der Waals surface area contributed by atoms with Gasteiger partial charge in [-0.25, -0.2) is 0 Å². The molecule has 0 unspecified atom stereocenters. The van der Waals surface area contributed by atoms with Gasteiger partial charge in [-0.2, -0.15) is 0 Å². The fourth-order valence-electron chi connectivity index (χ4n) is 1.36. The molecule has 0 spiro atoms. The molecular formula is C10H7ClO2S. The third-order valence-electron chi connectivity index (χ3n) is 2.07. The normalized spacial score (nSPS) is 10.6. The fourth-order valence-corrected chi connectivity index (χ4v) is 2.72. The Bertz CT molecular complexity index is 490. The molecule has 0 aliphatic carbocycles. The third-order valence-corrected chi connectivity index (χ3v) is 3.33. The molecule has 72 valence electrons. The summed E-state index contributed by atoms with van der Waals surface area (Å²) in [6.07, 6.45) is 0.788. The molecule has 0 saturated carbocycles. The third kappa shape index (κ3) is 1.38. The Balaban J connectivity index is 2.74. The van der Waals surface area contributed by atoms with Gasteiger partial charge in [-0.3, -0.25) is 4.79 Å². The fraction of sp³-hybridized carbons (Fsp3) is 0.100. The summed E-state index contributed by atoms with van der Waals surface area (Å²) < 4.78 is 0.891. The van der Waals surface area contributed by atoms with Gasteiger partial charge in [0.15, 0.2) is 5.06 Å². The number of carbonyl (C=O) groups excluding carboxylic acids is 1. The van der Waals surface area contributed by atoms with Gasteiger partial charge < -0.3 is 5.11 Å². The van der Waals surface area contributed by atoms with E-state index in [2.05, 4.69) is 0 Å². The van der Waals surface area contributed by atoms with E-state index in [9.17, 15) is 9.90 Å². The van der Waals surface area contributed by atoms with Crippen molar-refractivity contribution in [2.24, 2.45) is 0 Å². The van der Waals surface area contributed by atoms with Gasteiger partial charge in [0.1, 0.15) is 6.29 Å². The number of fused-ring (bicyclic) bond motifs is 1. The summed E-state index contributed by atoms with van der Waals surface area (Å²) in [4.78, 5) is 10.5. The molecule has 0 radical (unpaired) electrons. The second kappa shape index (κ2) is 3.59. The number of halogens is 1. The minimum absolute atomic E-state index is 0.234. The Hall–Kier alpha value is -1.06. The van der Waals surface area contributed by atoms with E-state index < -0.39 is 0 Å². The molecule has 2 aromatic rings. The zero-order valence-electron chi connectivity index (χ0n) is 7.16. The molecule has 0 saturated heterocycles. The molecule has 0 atom stereocenters. The van der Waals surface area contributed by atoms with Gasteiger partial charge in [0.25, 0.3) is 0 Å². The van der Waals surface area contributed by atoms with Gasteiger partial charge >= 0.3 is 0 Å². The van der Waals surface area contributed by atoms with E-state index in [0.717, 1.165) is 21.9 Å². The number of hydrogen-bond acceptors (Lipinski definition) is 3. The average Bonchev–Trinajstić information content (AvgIpc) is 2.51. The van der Waals surface area contributed by atoms with Crippen LogP contribution in [0.3, 0.4) is 0 Å². The van der Waals surface area contributed by atoms with Crippen LogP contribution < -0.4 is 0 Å². The van der Waals surface area contributed by atoms with Crippen molar-refractivity contribution < 1.29 is 9.90 Å². The predicted octanol–water partition coefficient (Wildman–Crippen LogP) is 3.16. The largest absolute Gasteiger partial charge is 0.499 e. The summed E-state index contributed by atoms with van der Waals surface area (Å²) in [7, 11) is 0. The van der Waals surface area contributed by atoms with Crippen molar-refractivity contribution in [1.82, 2.24) is 0 Å². The summed E-state index contributed by atoms with van der Waals surface area (Å²) in [6.45, 7) is 0. The molecular weight excluding hydrogens is 220 g/mol. The minimum Gasteiger partial charge on any atom is -0.499 e. The molecule has 2 nitrogen and oxygen atoms in total. The van der Waals surface area contributed by atoms with Gasteiger partial charge in [0.2, 0.25) is 0 Å². The van der Waals surface area contributed by atoms with E-state index >= 15 is 0 Å². The van der Waals surface area contributed by atoms with E-state index in [4.69, 9.17) is 11.6 Å². The van der Waals surface area contributed by atoms with Crippen LogP contribution in [0, 0.1) is 0 Å². The van der Waals surface area contributed by atoms with E-state index in [1.165, 1.54) is 11.3 Å². The number of thiophene rings is 1. The summed E-state index contributed by atoms with van der Waals surface area (Å²) in [5.74, 6) is 0.284. The second-order valence-electron chi connectivity index (χ2n) is 2.89. The lowest BCUT2D eigenvalue weighted by atomic mass is 10.1. The lowest BCUT2D eigenvalue weighted by molar-refractivity contribution is 0.112. The molecule has 0 bridgehead atoms. The van der Waals surface area contributed by atoms with Gasteiger partial charge in [0, 0.05) is 21.2 Å². The number of carbonyl (C=O) groups is 1. The van der Waals surface area contributed by atoms with Crippen molar-refractivity contribution in [3.8, 4) is 5.06 Å². The first-order valence-corrected chi connectivity index (χ1v) is 5.37. The highest BCUT2D eigenvalue weighted by atomic mass is 35.5. The molecule has 0 aliphatic rings. The topological polar surface area (TPSA) is 37.3 Å². The van der Waals surface area contributed by atoms with E-state index in [1.54, 1.807) is 12.1 Å². The first-order chi connectivity index (χ1) is 6.76. The summed E-state index contributed by atoms with van der Waals surface area (Å²) in [5, 5.41) is 10.7. The number of hydrogen-bond donors (Lipinski definition) is 1. The van der Waals surface area contributed by atoms with Crippen LogP contribution in [-0.4, -0.2) is 11.4 Å². The number of aromatic hydroxyl groups is 1. The molecule has 4 heteroatoms. The van der Waals surface area contributed by atoms with Crippen LogP contribution in [0.4, 0.5) is 0 Å². The maximum atomic E-state index is 10.5. The highest BCUT2D eigenvalue weighted by Crippen LogP contribution is 2.37. The Kier molecular flexibility index (Phi) is 2.44. The van der Waals surface area contributed by atoms with Crippen LogP contribution in [0.5, 0.6) is 5.06 Å². The Morgan fingerprint density at radius 2 is 2.29 bits per heavy atom. The maximum Gasteiger partial charge on any atom is 0.176 e. The molecule has 0 fully saturated rings. The average molecular weight is 227 g/mol. The Morgan fingerprint density at radius 3 is 2.93 bits per heavy atom. The van der Waals surface area contributed by atoms with Gasteiger partial charge in [0.05, 0.1) is 5.88 Å². The lowest BCUT2D eigenvalue weighted by Gasteiger charge is -1.93. The first-order valence-electron chi connectivity index (χ1n) is 4.02. The Labute approximate surface area is 89.7 Å². The standard InChI is InChI=1S/C10H7ClO2S/c11-4-8-7-2-1-6(5-12)3-9(7)14-10(8)13/h1-3,5,13H,4H2. The van der Waals surface area contributed by atoms with Gasteiger partial charge in [-0.15, -0.1) is 11.6 Å².